The predicted octanol–water partition coefficient (Wildman–Crippen LogP) is 3.71. The summed E-state index contributed by atoms with van der Waals surface area (Å²) in [5, 5.41) is 13.8. The summed E-state index contributed by atoms with van der Waals surface area (Å²) in [6.07, 6.45) is 2.63. The highest BCUT2D eigenvalue weighted by Gasteiger charge is 2.30. The lowest BCUT2D eigenvalue weighted by Gasteiger charge is -2.26. The molecule has 0 unspecified atom stereocenters. The van der Waals surface area contributed by atoms with Crippen molar-refractivity contribution < 1.29 is 19.4 Å². The van der Waals surface area contributed by atoms with Crippen molar-refractivity contribution in [2.45, 2.75) is 19.3 Å². The minimum atomic E-state index is -0.324. The quantitative estimate of drug-likeness (QED) is 0.402. The van der Waals surface area contributed by atoms with Crippen LogP contribution < -0.4 is 11.1 Å². The zero-order chi connectivity index (χ0) is 26.5. The van der Waals surface area contributed by atoms with Crippen molar-refractivity contribution >= 4 is 11.6 Å². The van der Waals surface area contributed by atoms with Crippen molar-refractivity contribution in [2.24, 2.45) is 5.73 Å². The highest BCUT2D eigenvalue weighted by Crippen LogP contribution is 2.31. The number of carbonyl (C=O) groups excluding carboxylic acids is 2. The monoisotopic (exact) mass is 511 g/mol. The first-order chi connectivity index (χ1) is 18.5. The van der Waals surface area contributed by atoms with Gasteiger partial charge in [-0.25, -0.2) is 0 Å². The molecule has 196 valence electrons. The van der Waals surface area contributed by atoms with Crippen LogP contribution in [0.3, 0.4) is 0 Å². The molecule has 5 rings (SSSR count). The van der Waals surface area contributed by atoms with Gasteiger partial charge in [0.15, 0.2) is 0 Å². The fraction of sp³-hybridized carbons (Fsp3) is 0.290. The lowest BCUT2D eigenvalue weighted by atomic mass is 9.90. The molecule has 0 spiro atoms. The fourth-order valence-electron chi connectivity index (χ4n) is 5.06. The largest absolute Gasteiger partial charge is 0.507 e. The standard InChI is InChI=1S/C31H33N3O4/c32-28-29(31(37)26-6-2-1-5-25(26)30(28)36)33-14-13-21-7-10-23(11-8-21)24-12-9-22(20-27(24)35)4-3-15-34-16-18-38-19-17-34/h1-2,5-12,20,33,35H,3-4,13-19,32H2. The lowest BCUT2D eigenvalue weighted by molar-refractivity contribution is 0.0374. The van der Waals surface area contributed by atoms with Crippen molar-refractivity contribution in [1.82, 2.24) is 10.2 Å². The maximum absolute atomic E-state index is 12.8. The minimum absolute atomic E-state index is 0.0379. The van der Waals surface area contributed by atoms with Crippen LogP contribution >= 0.6 is 0 Å². The Morgan fingerprint density at radius 1 is 0.842 bits per heavy atom. The average molecular weight is 512 g/mol. The van der Waals surface area contributed by atoms with Gasteiger partial charge < -0.3 is 20.9 Å². The Labute approximate surface area is 222 Å². The average Bonchev–Trinajstić information content (AvgIpc) is 2.95. The second-order valence-electron chi connectivity index (χ2n) is 9.78. The third-order valence-electron chi connectivity index (χ3n) is 7.24. The second kappa shape index (κ2) is 11.6. The zero-order valence-electron chi connectivity index (χ0n) is 21.4. The van der Waals surface area contributed by atoms with E-state index < -0.39 is 0 Å². The molecular formula is C31H33N3O4. The van der Waals surface area contributed by atoms with Gasteiger partial charge in [0.05, 0.1) is 13.2 Å². The first-order valence-electron chi connectivity index (χ1n) is 13.1. The lowest BCUT2D eigenvalue weighted by Crippen LogP contribution is -2.36. The molecule has 1 fully saturated rings. The number of benzene rings is 3. The maximum Gasteiger partial charge on any atom is 0.211 e. The molecule has 2 aliphatic rings. The summed E-state index contributed by atoms with van der Waals surface area (Å²) in [7, 11) is 0. The number of Topliss-reactive ketones (excluding diaryl/α,β-unsaturated/α-hetero) is 2. The topological polar surface area (TPSA) is 105 Å². The van der Waals surface area contributed by atoms with E-state index in [0.29, 0.717) is 24.1 Å². The summed E-state index contributed by atoms with van der Waals surface area (Å²) >= 11 is 0. The van der Waals surface area contributed by atoms with Crippen LogP contribution in [0.4, 0.5) is 0 Å². The highest BCUT2D eigenvalue weighted by atomic mass is 16.5. The maximum atomic E-state index is 12.8. The Kier molecular flexibility index (Phi) is 7.86. The second-order valence-corrected chi connectivity index (χ2v) is 9.78. The Balaban J connectivity index is 1.15. The van der Waals surface area contributed by atoms with Gasteiger partial charge in [-0.3, -0.25) is 14.5 Å². The van der Waals surface area contributed by atoms with E-state index in [2.05, 4.69) is 16.3 Å². The van der Waals surface area contributed by atoms with Crippen LogP contribution in [0, 0.1) is 0 Å². The number of morpholine rings is 1. The van der Waals surface area contributed by atoms with Gasteiger partial charge in [0.1, 0.15) is 17.1 Å². The number of aromatic hydroxyl groups is 1. The van der Waals surface area contributed by atoms with E-state index in [9.17, 15) is 14.7 Å². The summed E-state index contributed by atoms with van der Waals surface area (Å²) in [4.78, 5) is 27.8. The molecule has 3 aromatic carbocycles. The van der Waals surface area contributed by atoms with Crippen LogP contribution in [0.25, 0.3) is 11.1 Å². The summed E-state index contributed by atoms with van der Waals surface area (Å²) in [5.74, 6) is -0.297. The number of ether oxygens (including phenoxy) is 1. The third kappa shape index (κ3) is 5.64. The summed E-state index contributed by atoms with van der Waals surface area (Å²) in [6, 6.07) is 20.7. The van der Waals surface area contributed by atoms with E-state index in [0.717, 1.165) is 67.9 Å². The number of nitrogens with one attached hydrogen (secondary N) is 1. The first kappa shape index (κ1) is 25.7. The van der Waals surface area contributed by atoms with E-state index >= 15 is 0 Å². The van der Waals surface area contributed by atoms with Crippen LogP contribution in [0.15, 0.2) is 78.1 Å². The molecule has 7 heteroatoms. The number of aryl methyl sites for hydroxylation is 1. The van der Waals surface area contributed by atoms with Crippen molar-refractivity contribution in [1.29, 1.82) is 0 Å². The number of carbonyl (C=O) groups is 2. The van der Waals surface area contributed by atoms with Crippen molar-refractivity contribution in [3.63, 3.8) is 0 Å². The van der Waals surface area contributed by atoms with Gasteiger partial charge in [0, 0.05) is 36.3 Å². The number of nitrogens with zero attached hydrogens (tertiary/aromatic N) is 1. The van der Waals surface area contributed by atoms with Gasteiger partial charge in [0.25, 0.3) is 0 Å². The molecular weight excluding hydrogens is 478 g/mol. The van der Waals surface area contributed by atoms with Gasteiger partial charge in [0.2, 0.25) is 11.6 Å². The summed E-state index contributed by atoms with van der Waals surface area (Å²) in [5.41, 5.74) is 10.8. The molecule has 0 aromatic heterocycles. The molecule has 0 amide bonds. The van der Waals surface area contributed by atoms with Crippen LogP contribution in [-0.2, 0) is 17.6 Å². The molecule has 1 aliphatic carbocycles. The first-order valence-corrected chi connectivity index (χ1v) is 13.1. The molecule has 0 saturated carbocycles. The number of phenolic OH excluding ortho intramolecular Hbond substituents is 1. The number of fused-ring (bicyclic) bond motifs is 1. The number of phenols is 1. The molecule has 1 heterocycles. The van der Waals surface area contributed by atoms with E-state index in [1.54, 1.807) is 24.3 Å². The van der Waals surface area contributed by atoms with E-state index in [1.165, 1.54) is 0 Å². The Bertz CT molecular complexity index is 1360. The van der Waals surface area contributed by atoms with Gasteiger partial charge in [-0.05, 0) is 48.6 Å². The van der Waals surface area contributed by atoms with E-state index in [1.807, 2.05) is 36.4 Å². The minimum Gasteiger partial charge on any atom is -0.507 e. The molecule has 4 N–H and O–H groups in total. The van der Waals surface area contributed by atoms with Crippen molar-refractivity contribution in [3.05, 3.63) is 100 Å². The van der Waals surface area contributed by atoms with Gasteiger partial charge in [-0.2, -0.15) is 0 Å². The van der Waals surface area contributed by atoms with E-state index in [4.69, 9.17) is 10.5 Å². The number of hydrogen-bond acceptors (Lipinski definition) is 7. The molecule has 38 heavy (non-hydrogen) atoms. The number of allylic oxidation sites excluding steroid dienone is 2. The Morgan fingerprint density at radius 2 is 1.53 bits per heavy atom. The SMILES string of the molecule is NC1=C(NCCc2ccc(-c3ccc(CCCN4CCOCC4)cc3O)cc2)C(=O)c2ccccc2C1=O. The summed E-state index contributed by atoms with van der Waals surface area (Å²) in [6.45, 7) is 5.12. The van der Waals surface area contributed by atoms with Crippen LogP contribution in [0.5, 0.6) is 5.75 Å². The van der Waals surface area contributed by atoms with Crippen LogP contribution in [0.2, 0.25) is 0 Å². The van der Waals surface area contributed by atoms with Gasteiger partial charge >= 0.3 is 0 Å². The zero-order valence-corrected chi connectivity index (χ0v) is 21.4. The Morgan fingerprint density at radius 3 is 2.24 bits per heavy atom. The molecule has 7 nitrogen and oxygen atoms in total. The van der Waals surface area contributed by atoms with E-state index in [-0.39, 0.29) is 28.7 Å². The number of rotatable bonds is 9. The Hall–Kier alpha value is -3.94. The van der Waals surface area contributed by atoms with Crippen molar-refractivity contribution in [2.75, 3.05) is 39.4 Å². The third-order valence-corrected chi connectivity index (χ3v) is 7.24. The molecule has 3 aromatic rings. The van der Waals surface area contributed by atoms with Crippen LogP contribution in [0.1, 0.15) is 38.3 Å². The molecule has 0 bridgehead atoms. The molecule has 0 atom stereocenters. The normalized spacial score (nSPS) is 16.0. The number of hydrogen-bond donors (Lipinski definition) is 3. The van der Waals surface area contributed by atoms with Gasteiger partial charge in [-0.1, -0.05) is 60.7 Å². The number of nitrogens with two attached hydrogens (primary N) is 1. The van der Waals surface area contributed by atoms with Crippen molar-refractivity contribution in [3.8, 4) is 16.9 Å². The van der Waals surface area contributed by atoms with Gasteiger partial charge in [-0.15, -0.1) is 0 Å². The highest BCUT2D eigenvalue weighted by molar-refractivity contribution is 6.26. The smallest absolute Gasteiger partial charge is 0.211 e. The molecule has 1 saturated heterocycles. The van der Waals surface area contributed by atoms with Crippen LogP contribution in [-0.4, -0.2) is 61.0 Å². The molecule has 1 aliphatic heterocycles. The summed E-state index contributed by atoms with van der Waals surface area (Å²) < 4.78 is 5.40. The molecule has 0 radical (unpaired) electrons. The fourth-order valence-corrected chi connectivity index (χ4v) is 5.06. The predicted molar refractivity (Wildman–Crippen MR) is 147 cm³/mol. The number of ketones is 2.